The third-order valence-corrected chi connectivity index (χ3v) is 8.66. The van der Waals surface area contributed by atoms with E-state index in [1.165, 1.54) is 5.56 Å². The number of hydrogen-bond acceptors (Lipinski definition) is 2. The summed E-state index contributed by atoms with van der Waals surface area (Å²) in [6, 6.07) is 8.54. The van der Waals surface area contributed by atoms with Gasteiger partial charge in [-0.1, -0.05) is 74.7 Å². The Bertz CT molecular complexity index is 1190. The van der Waals surface area contributed by atoms with Gasteiger partial charge in [0.05, 0.1) is 6.54 Å². The summed E-state index contributed by atoms with van der Waals surface area (Å²) in [6.07, 6.45) is 1.73. The Hall–Kier alpha value is -2.40. The van der Waals surface area contributed by atoms with Crippen molar-refractivity contribution in [1.82, 2.24) is 4.90 Å². The van der Waals surface area contributed by atoms with Gasteiger partial charge in [0.2, 0.25) is 0 Å². The fourth-order valence-corrected chi connectivity index (χ4v) is 5.79. The van der Waals surface area contributed by atoms with Gasteiger partial charge in [0.1, 0.15) is 0 Å². The number of alkyl halides is 3. The molecule has 0 amide bonds. The van der Waals surface area contributed by atoms with E-state index < -0.39 is 12.6 Å². The zero-order valence-corrected chi connectivity index (χ0v) is 27.4. The average molecular weight is 591 g/mol. The molecule has 0 fully saturated rings. The van der Waals surface area contributed by atoms with E-state index in [9.17, 15) is 13.2 Å². The van der Waals surface area contributed by atoms with Gasteiger partial charge in [-0.3, -0.25) is 0 Å². The highest BCUT2D eigenvalue weighted by Gasteiger charge is 2.45. The molecule has 1 aromatic carbocycles. The van der Waals surface area contributed by atoms with Crippen LogP contribution in [0.15, 0.2) is 81.8 Å². The number of nitrogens with zero attached hydrogens (tertiary/aromatic N) is 2. The summed E-state index contributed by atoms with van der Waals surface area (Å²) in [5, 5.41) is 0.609. The Morgan fingerprint density at radius 2 is 1.68 bits per heavy atom. The molecule has 1 aliphatic heterocycles. The third-order valence-electron chi connectivity index (χ3n) is 8.53. The second kappa shape index (κ2) is 14.7. The largest absolute Gasteiger partial charge is 0.389 e. The van der Waals surface area contributed by atoms with Crippen molar-refractivity contribution in [3.63, 3.8) is 0 Å². The SMILES string of the molecule is C=C1N(CC(=C(C)C)N(CCCC(F)(F)F)/C(=C/C=C(\C)Cl)C(C)=C(C)C)c2ccccc2C1(CC)CC(C)CC. The minimum absolute atomic E-state index is 0.0122. The van der Waals surface area contributed by atoms with Crippen LogP contribution in [-0.2, 0) is 5.41 Å². The van der Waals surface area contributed by atoms with Gasteiger partial charge in [-0.15, -0.1) is 0 Å². The first kappa shape index (κ1) is 34.8. The number of anilines is 1. The van der Waals surface area contributed by atoms with E-state index in [2.05, 4.69) is 61.4 Å². The van der Waals surface area contributed by atoms with Crippen molar-refractivity contribution in [2.24, 2.45) is 5.92 Å². The zero-order valence-electron chi connectivity index (χ0n) is 26.6. The summed E-state index contributed by atoms with van der Waals surface area (Å²) in [7, 11) is 0. The molecule has 0 saturated heterocycles. The molecule has 6 heteroatoms. The van der Waals surface area contributed by atoms with E-state index in [0.29, 0.717) is 17.5 Å². The lowest BCUT2D eigenvalue weighted by molar-refractivity contribution is -0.135. The van der Waals surface area contributed by atoms with Crippen LogP contribution >= 0.6 is 11.6 Å². The van der Waals surface area contributed by atoms with E-state index in [-0.39, 0.29) is 18.4 Å². The maximum absolute atomic E-state index is 13.3. The number of benzene rings is 1. The quantitative estimate of drug-likeness (QED) is 0.211. The molecule has 0 aromatic heterocycles. The molecule has 0 bridgehead atoms. The van der Waals surface area contributed by atoms with Gasteiger partial charge in [-0.05, 0) is 96.1 Å². The summed E-state index contributed by atoms with van der Waals surface area (Å²) >= 11 is 6.23. The Morgan fingerprint density at radius 1 is 1.05 bits per heavy atom. The lowest BCUT2D eigenvalue weighted by Crippen LogP contribution is -2.37. The lowest BCUT2D eigenvalue weighted by atomic mass is 9.71. The van der Waals surface area contributed by atoms with Crippen molar-refractivity contribution in [1.29, 1.82) is 0 Å². The molecule has 2 unspecified atom stereocenters. The molecule has 0 aliphatic carbocycles. The maximum Gasteiger partial charge on any atom is 0.389 e. The van der Waals surface area contributed by atoms with Gasteiger partial charge in [0.25, 0.3) is 0 Å². The highest BCUT2D eigenvalue weighted by atomic mass is 35.5. The van der Waals surface area contributed by atoms with Crippen LogP contribution in [0, 0.1) is 5.92 Å². The van der Waals surface area contributed by atoms with E-state index in [1.54, 1.807) is 6.92 Å². The van der Waals surface area contributed by atoms with Crippen LogP contribution in [-0.4, -0.2) is 24.2 Å². The van der Waals surface area contributed by atoms with Crippen LogP contribution in [0.1, 0.15) is 100.0 Å². The molecule has 2 nitrogen and oxygen atoms in total. The predicted molar refractivity (Wildman–Crippen MR) is 171 cm³/mol. The Labute approximate surface area is 252 Å². The first-order valence-corrected chi connectivity index (χ1v) is 15.2. The van der Waals surface area contributed by atoms with Crippen molar-refractivity contribution in [3.8, 4) is 0 Å². The van der Waals surface area contributed by atoms with Crippen LogP contribution in [0.3, 0.4) is 0 Å². The highest BCUT2D eigenvalue weighted by molar-refractivity contribution is 6.29. The fourth-order valence-electron chi connectivity index (χ4n) is 5.73. The lowest BCUT2D eigenvalue weighted by Gasteiger charge is -2.38. The van der Waals surface area contributed by atoms with Gasteiger partial charge in [-0.2, -0.15) is 13.2 Å². The molecule has 0 N–H and O–H groups in total. The van der Waals surface area contributed by atoms with Gasteiger partial charge in [0.15, 0.2) is 0 Å². The molecule has 2 rings (SSSR count). The highest BCUT2D eigenvalue weighted by Crippen LogP contribution is 2.53. The van der Waals surface area contributed by atoms with Crippen LogP contribution in [0.25, 0.3) is 0 Å². The Balaban J connectivity index is 2.70. The van der Waals surface area contributed by atoms with Crippen molar-refractivity contribution in [2.45, 2.75) is 106 Å². The Morgan fingerprint density at radius 3 is 2.20 bits per heavy atom. The van der Waals surface area contributed by atoms with E-state index in [0.717, 1.165) is 58.8 Å². The Kier molecular flexibility index (Phi) is 12.4. The summed E-state index contributed by atoms with van der Waals surface area (Å²) in [4.78, 5) is 4.38. The van der Waals surface area contributed by atoms with Gasteiger partial charge >= 0.3 is 6.18 Å². The van der Waals surface area contributed by atoms with E-state index in [1.807, 2.05) is 46.8 Å². The molecular weight excluding hydrogens is 541 g/mol. The van der Waals surface area contributed by atoms with Crippen LogP contribution < -0.4 is 4.90 Å². The van der Waals surface area contributed by atoms with Gasteiger partial charge in [-0.25, -0.2) is 0 Å². The smallest absolute Gasteiger partial charge is 0.343 e. The minimum Gasteiger partial charge on any atom is -0.343 e. The monoisotopic (exact) mass is 590 g/mol. The third kappa shape index (κ3) is 8.56. The first-order valence-electron chi connectivity index (χ1n) is 14.8. The van der Waals surface area contributed by atoms with Gasteiger partial charge < -0.3 is 9.80 Å². The van der Waals surface area contributed by atoms with E-state index in [4.69, 9.17) is 11.6 Å². The minimum atomic E-state index is -4.21. The summed E-state index contributed by atoms with van der Waals surface area (Å²) in [5.74, 6) is 0.530. The second-order valence-electron chi connectivity index (χ2n) is 12.0. The molecule has 0 radical (unpaired) electrons. The van der Waals surface area contributed by atoms with Crippen LogP contribution in [0.4, 0.5) is 18.9 Å². The zero-order chi connectivity index (χ0) is 31.1. The number of para-hydroxylation sites is 1. The maximum atomic E-state index is 13.3. The van der Waals surface area contributed by atoms with Crippen molar-refractivity contribution in [2.75, 3.05) is 18.0 Å². The molecule has 1 aliphatic rings. The topological polar surface area (TPSA) is 6.48 Å². The molecule has 228 valence electrons. The molecule has 0 spiro atoms. The van der Waals surface area contributed by atoms with Crippen LogP contribution in [0.2, 0.25) is 0 Å². The van der Waals surface area contributed by atoms with Crippen molar-refractivity contribution >= 4 is 17.3 Å². The molecule has 0 saturated carbocycles. The summed E-state index contributed by atoms with van der Waals surface area (Å²) in [6.45, 7) is 24.2. The second-order valence-corrected chi connectivity index (χ2v) is 12.5. The molecule has 1 heterocycles. The molecule has 2 atom stereocenters. The van der Waals surface area contributed by atoms with Gasteiger partial charge in [0, 0.05) is 46.2 Å². The number of fused-ring (bicyclic) bond motifs is 1. The van der Waals surface area contributed by atoms with Crippen molar-refractivity contribution in [3.05, 3.63) is 87.4 Å². The van der Waals surface area contributed by atoms with Crippen LogP contribution in [0.5, 0.6) is 0 Å². The standard InChI is InChI=1S/C35H50ClF3N2/c1-11-26(7)22-34(12-2)29(10)41(32-17-14-13-16-30(32)34)23-33(25(5)6)40(21-15-20-35(37,38)39)31(19-18-27(8)36)28(9)24(3)4/h13-14,16-19,26H,10-12,15,20-23H2,1-9H3/b27-18+,31-19+. The fraction of sp³-hybridized carbons (Fsp3) is 0.543. The number of rotatable bonds is 13. The van der Waals surface area contributed by atoms with Crippen molar-refractivity contribution < 1.29 is 13.2 Å². The molecule has 41 heavy (non-hydrogen) atoms. The first-order chi connectivity index (χ1) is 19.1. The summed E-state index contributed by atoms with van der Waals surface area (Å²) < 4.78 is 39.9. The summed E-state index contributed by atoms with van der Waals surface area (Å²) in [5.41, 5.74) is 8.33. The predicted octanol–water partition coefficient (Wildman–Crippen LogP) is 11.4. The molecular formula is C35H50ClF3N2. The molecule has 1 aromatic rings. The number of hydrogen-bond donors (Lipinski definition) is 0. The number of allylic oxidation sites excluding steroid dienone is 7. The normalized spacial score (nSPS) is 18.4. The average Bonchev–Trinajstić information content (AvgIpc) is 3.12. The van der Waals surface area contributed by atoms with E-state index >= 15 is 0 Å². The number of halogens is 4.